The van der Waals surface area contributed by atoms with E-state index in [2.05, 4.69) is 33.9 Å². The molecular formula is C37H41ClN2O6. The molecule has 4 fully saturated rings. The molecular weight excluding hydrogens is 604 g/mol. The summed E-state index contributed by atoms with van der Waals surface area (Å²) in [6.07, 6.45) is 3.25. The zero-order valence-corrected chi connectivity index (χ0v) is 26.7. The van der Waals surface area contributed by atoms with Crippen molar-refractivity contribution in [3.05, 3.63) is 108 Å². The number of ketones is 2. The van der Waals surface area contributed by atoms with Crippen molar-refractivity contribution in [2.45, 2.75) is 45.4 Å². The van der Waals surface area contributed by atoms with E-state index in [0.29, 0.717) is 55.4 Å². The number of hydrogen-bond acceptors (Lipinski definition) is 7. The van der Waals surface area contributed by atoms with Crippen LogP contribution in [0, 0.1) is 23.7 Å². The highest BCUT2D eigenvalue weighted by atomic mass is 35.5. The minimum Gasteiger partial charge on any atom is -0.449 e. The minimum absolute atomic E-state index is 0.0595. The predicted octanol–water partition coefficient (Wildman–Crippen LogP) is 6.89. The summed E-state index contributed by atoms with van der Waals surface area (Å²) in [4.78, 5) is 49.5. The number of carbonyl (C=O) groups excluding carboxylic acids is 4. The van der Waals surface area contributed by atoms with Crippen LogP contribution in [0.5, 0.6) is 0 Å². The maximum absolute atomic E-state index is 11.9. The summed E-state index contributed by atoms with van der Waals surface area (Å²) in [6, 6.07) is 29.5. The second kappa shape index (κ2) is 16.5. The lowest BCUT2D eigenvalue weighted by Crippen LogP contribution is -2.30. The first-order valence-corrected chi connectivity index (χ1v) is 16.4. The number of carbonyl (C=O) groups is 4. The molecule has 0 spiro atoms. The molecule has 0 bridgehead atoms. The zero-order chi connectivity index (χ0) is 32.3. The number of hydrogen-bond donors (Lipinski definition) is 0. The van der Waals surface area contributed by atoms with Crippen molar-refractivity contribution < 1.29 is 28.7 Å². The van der Waals surface area contributed by atoms with Gasteiger partial charge >= 0.3 is 11.5 Å². The van der Waals surface area contributed by atoms with Gasteiger partial charge in [0.2, 0.25) is 0 Å². The predicted molar refractivity (Wildman–Crippen MR) is 175 cm³/mol. The molecule has 4 atom stereocenters. The largest absolute Gasteiger partial charge is 0.449 e. The molecule has 0 radical (unpaired) electrons. The van der Waals surface area contributed by atoms with Gasteiger partial charge in [-0.2, -0.15) is 0 Å². The lowest BCUT2D eigenvalue weighted by molar-refractivity contribution is -0.121. The highest BCUT2D eigenvalue weighted by molar-refractivity contribution is 6.61. The Labute approximate surface area is 275 Å². The van der Waals surface area contributed by atoms with Crippen LogP contribution in [0.1, 0.15) is 42.4 Å². The third-order valence-corrected chi connectivity index (χ3v) is 9.32. The van der Waals surface area contributed by atoms with Gasteiger partial charge in [0.25, 0.3) is 0 Å². The quantitative estimate of drug-likeness (QED) is 0.270. The van der Waals surface area contributed by atoms with Gasteiger partial charge in [0.15, 0.2) is 0 Å². The minimum atomic E-state index is -0.770. The van der Waals surface area contributed by atoms with Gasteiger partial charge in [0.05, 0.1) is 0 Å². The third-order valence-electron chi connectivity index (χ3n) is 9.22. The molecule has 7 rings (SSSR count). The summed E-state index contributed by atoms with van der Waals surface area (Å²) in [5.41, 5.74) is 2.50. The summed E-state index contributed by atoms with van der Waals surface area (Å²) >= 11 is 4.97. The fourth-order valence-corrected chi connectivity index (χ4v) is 6.87. The van der Waals surface area contributed by atoms with Gasteiger partial charge in [0, 0.05) is 69.0 Å². The summed E-state index contributed by atoms with van der Waals surface area (Å²) in [6.45, 7) is 4.84. The average Bonchev–Trinajstić information content (AvgIpc) is 3.85. The highest BCUT2D eigenvalue weighted by Gasteiger charge is 2.44. The molecule has 9 heteroatoms. The second-order valence-corrected chi connectivity index (χ2v) is 12.7. The summed E-state index contributed by atoms with van der Waals surface area (Å²) in [7, 11) is 0. The van der Waals surface area contributed by atoms with Gasteiger partial charge < -0.3 is 14.4 Å². The van der Waals surface area contributed by atoms with Crippen LogP contribution in [0.4, 0.5) is 9.59 Å². The van der Waals surface area contributed by atoms with E-state index in [-0.39, 0.29) is 18.6 Å². The van der Waals surface area contributed by atoms with Crippen molar-refractivity contribution in [1.82, 2.24) is 9.80 Å². The van der Waals surface area contributed by atoms with Crippen LogP contribution >= 0.6 is 11.6 Å². The van der Waals surface area contributed by atoms with Crippen LogP contribution in [-0.4, -0.2) is 59.1 Å². The number of likely N-dealkylation sites (tertiary alicyclic amines) is 2. The number of rotatable bonds is 6. The number of fused-ring (bicyclic) bond motifs is 2. The molecule has 0 N–H and O–H groups in total. The maximum Gasteiger partial charge on any atom is 0.410 e. The molecule has 0 aromatic heterocycles. The van der Waals surface area contributed by atoms with Crippen molar-refractivity contribution in [1.29, 1.82) is 0 Å². The average molecular weight is 645 g/mol. The molecule has 4 aliphatic rings. The van der Waals surface area contributed by atoms with Gasteiger partial charge in [-0.1, -0.05) is 91.0 Å². The molecule has 242 valence electrons. The Hall–Kier alpha value is -4.01. The van der Waals surface area contributed by atoms with E-state index >= 15 is 0 Å². The summed E-state index contributed by atoms with van der Waals surface area (Å²) in [5, 5.41) is 0. The first kappa shape index (κ1) is 33.4. The van der Waals surface area contributed by atoms with Crippen molar-refractivity contribution in [2.75, 3.05) is 26.2 Å². The van der Waals surface area contributed by atoms with Crippen LogP contribution in [0.2, 0.25) is 0 Å². The molecule has 0 unspecified atom stereocenters. The molecule has 2 aliphatic carbocycles. The fourth-order valence-electron chi connectivity index (χ4n) is 6.82. The molecule has 2 saturated carbocycles. The Kier molecular flexibility index (Phi) is 12.0. The fraction of sp³-hybridized carbons (Fsp3) is 0.405. The summed E-state index contributed by atoms with van der Waals surface area (Å²) in [5.74, 6) is 2.23. The van der Waals surface area contributed by atoms with E-state index in [0.717, 1.165) is 50.0 Å². The number of ether oxygens (including phenoxy) is 2. The molecule has 2 saturated heterocycles. The molecule has 2 aliphatic heterocycles. The molecule has 46 heavy (non-hydrogen) atoms. The van der Waals surface area contributed by atoms with Crippen LogP contribution in [0.15, 0.2) is 91.0 Å². The lowest BCUT2D eigenvalue weighted by Gasteiger charge is -2.16. The van der Waals surface area contributed by atoms with Crippen LogP contribution in [-0.2, 0) is 38.8 Å². The Morgan fingerprint density at radius 2 is 1.11 bits per heavy atom. The van der Waals surface area contributed by atoms with Crippen LogP contribution in [0.25, 0.3) is 0 Å². The van der Waals surface area contributed by atoms with E-state index in [1.807, 2.05) is 66.7 Å². The smallest absolute Gasteiger partial charge is 0.410 e. The highest BCUT2D eigenvalue weighted by Crippen LogP contribution is 2.36. The Morgan fingerprint density at radius 3 is 1.61 bits per heavy atom. The normalized spacial score (nSPS) is 23.0. The molecule has 1 amide bonds. The van der Waals surface area contributed by atoms with Crippen molar-refractivity contribution in [3.8, 4) is 0 Å². The Balaban J connectivity index is 0.000000141. The number of nitrogens with zero attached hydrogens (tertiary/aromatic N) is 2. The van der Waals surface area contributed by atoms with Crippen molar-refractivity contribution in [2.24, 2.45) is 23.7 Å². The van der Waals surface area contributed by atoms with E-state index in [1.54, 1.807) is 4.90 Å². The number of halogens is 1. The van der Waals surface area contributed by atoms with Crippen molar-refractivity contribution >= 4 is 34.7 Å². The second-order valence-electron chi connectivity index (χ2n) is 12.4. The monoisotopic (exact) mass is 644 g/mol. The van der Waals surface area contributed by atoms with Crippen LogP contribution in [0.3, 0.4) is 0 Å². The van der Waals surface area contributed by atoms with E-state index in [1.165, 1.54) is 5.56 Å². The Morgan fingerprint density at radius 1 is 0.630 bits per heavy atom. The van der Waals surface area contributed by atoms with Crippen LogP contribution < -0.4 is 0 Å². The molecule has 3 aromatic carbocycles. The molecule has 3 aromatic rings. The summed E-state index contributed by atoms with van der Waals surface area (Å²) < 4.78 is 9.84. The number of Topliss-reactive ketones (excluding diaryl/α,β-unsaturated/α-hetero) is 2. The van der Waals surface area contributed by atoms with Gasteiger partial charge in [0.1, 0.15) is 24.8 Å². The topological polar surface area (TPSA) is 93.2 Å². The standard InChI is InChI=1S/C15H17NO3.C14H17NO.C8H7ClO2/c17-14-7-6-12-8-16(9-13(12)14)15(18)19-10-11-4-2-1-3-5-11;16-14-7-6-12-9-15(10-13(12)14)8-11-4-2-1-3-5-11;9-8(10)11-6-7-4-2-1-3-5-7/h1-5,12-13H,6-10H2;1-5,12-13H,6-10H2;1-5H,6H2/t2*12-,13+;/m00./s1. The Bertz CT molecular complexity index is 1450. The van der Waals surface area contributed by atoms with Gasteiger partial charge in [-0.25, -0.2) is 9.59 Å². The van der Waals surface area contributed by atoms with E-state index in [4.69, 9.17) is 16.3 Å². The van der Waals surface area contributed by atoms with E-state index in [9.17, 15) is 19.2 Å². The first-order chi connectivity index (χ1) is 22.4. The maximum atomic E-state index is 11.9. The zero-order valence-electron chi connectivity index (χ0n) is 26.0. The number of benzene rings is 3. The third kappa shape index (κ3) is 9.50. The molecule has 8 nitrogen and oxygen atoms in total. The SMILES string of the molecule is O=C(Cl)OCc1ccccc1.O=C1CC[C@H]2CN(C(=O)OCc3ccccc3)C[C@@H]12.O=C1CC[C@H]2CN(Cc3ccccc3)C[C@@H]12. The van der Waals surface area contributed by atoms with Gasteiger partial charge in [-0.3, -0.25) is 14.5 Å². The first-order valence-electron chi connectivity index (χ1n) is 16.0. The van der Waals surface area contributed by atoms with Gasteiger partial charge in [-0.15, -0.1) is 0 Å². The van der Waals surface area contributed by atoms with E-state index < -0.39 is 5.43 Å². The van der Waals surface area contributed by atoms with Crippen molar-refractivity contribution in [3.63, 3.8) is 0 Å². The number of amides is 1. The van der Waals surface area contributed by atoms with Gasteiger partial charge in [-0.05, 0) is 41.4 Å². The molecule has 2 heterocycles. The lowest BCUT2D eigenvalue weighted by atomic mass is 10.0.